The summed E-state index contributed by atoms with van der Waals surface area (Å²) < 4.78 is 5.72. The normalized spacial score (nSPS) is 15.8. The van der Waals surface area contributed by atoms with Gasteiger partial charge in [0.05, 0.1) is 11.7 Å². The lowest BCUT2D eigenvalue weighted by Crippen LogP contribution is -2.13. The van der Waals surface area contributed by atoms with Crippen LogP contribution in [0.3, 0.4) is 0 Å². The fraction of sp³-hybridized carbons (Fsp3) is 0.357. The Morgan fingerprint density at radius 2 is 2.06 bits per heavy atom. The third kappa shape index (κ3) is 2.11. The molecular formula is C14H16N2O. The maximum absolute atomic E-state index is 6.13. The molecule has 1 aromatic carbocycles. The average molecular weight is 228 g/mol. The highest BCUT2D eigenvalue weighted by molar-refractivity contribution is 5.20. The van der Waals surface area contributed by atoms with Gasteiger partial charge in [-0.3, -0.25) is 0 Å². The standard InChI is InChI=1S/C14H16N2O/c15-11(9-10-5-2-1-3-6-10)14-16-12-7-4-8-13(12)17-14/h1-3,5-6,11H,4,7-9,15H2. The first-order valence-electron chi connectivity index (χ1n) is 6.11. The second-order valence-corrected chi connectivity index (χ2v) is 4.57. The van der Waals surface area contributed by atoms with Gasteiger partial charge >= 0.3 is 0 Å². The van der Waals surface area contributed by atoms with Crippen LogP contribution in [0.1, 0.15) is 35.4 Å². The lowest BCUT2D eigenvalue weighted by Gasteiger charge is -2.07. The molecule has 3 heteroatoms. The van der Waals surface area contributed by atoms with Crippen molar-refractivity contribution in [3.05, 3.63) is 53.2 Å². The van der Waals surface area contributed by atoms with Gasteiger partial charge in [0.2, 0.25) is 5.89 Å². The second-order valence-electron chi connectivity index (χ2n) is 4.57. The minimum atomic E-state index is -0.136. The highest BCUT2D eigenvalue weighted by Gasteiger charge is 2.21. The van der Waals surface area contributed by atoms with Gasteiger partial charge in [0.25, 0.3) is 0 Å². The molecule has 2 N–H and O–H groups in total. The number of oxazole rings is 1. The summed E-state index contributed by atoms with van der Waals surface area (Å²) in [5, 5.41) is 0. The molecular weight excluding hydrogens is 212 g/mol. The SMILES string of the molecule is NC(Cc1ccccc1)c1nc2c(o1)CCC2. The van der Waals surface area contributed by atoms with Gasteiger partial charge in [-0.25, -0.2) is 4.98 Å². The largest absolute Gasteiger partial charge is 0.444 e. The Hall–Kier alpha value is -1.61. The zero-order valence-corrected chi connectivity index (χ0v) is 9.73. The fourth-order valence-corrected chi connectivity index (χ4v) is 2.32. The van der Waals surface area contributed by atoms with Gasteiger partial charge < -0.3 is 10.2 Å². The first-order chi connectivity index (χ1) is 8.33. The summed E-state index contributed by atoms with van der Waals surface area (Å²) in [7, 11) is 0. The van der Waals surface area contributed by atoms with Crippen LogP contribution >= 0.6 is 0 Å². The molecule has 0 saturated carbocycles. The molecule has 0 fully saturated rings. The smallest absolute Gasteiger partial charge is 0.211 e. The Morgan fingerprint density at radius 1 is 1.24 bits per heavy atom. The highest BCUT2D eigenvalue weighted by Crippen LogP contribution is 2.25. The van der Waals surface area contributed by atoms with Gasteiger partial charge in [-0.05, 0) is 24.8 Å². The van der Waals surface area contributed by atoms with E-state index in [1.54, 1.807) is 0 Å². The maximum atomic E-state index is 6.13. The van der Waals surface area contributed by atoms with Crippen LogP contribution < -0.4 is 5.73 Å². The average Bonchev–Trinajstić information content (AvgIpc) is 2.90. The van der Waals surface area contributed by atoms with Crippen LogP contribution in [0.2, 0.25) is 0 Å². The van der Waals surface area contributed by atoms with Gasteiger partial charge in [-0.1, -0.05) is 30.3 Å². The summed E-state index contributed by atoms with van der Waals surface area (Å²) in [6.07, 6.45) is 3.99. The number of fused-ring (bicyclic) bond motifs is 1. The van der Waals surface area contributed by atoms with Crippen molar-refractivity contribution in [2.24, 2.45) is 5.73 Å². The van der Waals surface area contributed by atoms with E-state index in [0.29, 0.717) is 5.89 Å². The van der Waals surface area contributed by atoms with Crippen LogP contribution in [0.15, 0.2) is 34.7 Å². The molecule has 1 unspecified atom stereocenters. The minimum absolute atomic E-state index is 0.136. The zero-order chi connectivity index (χ0) is 11.7. The predicted octanol–water partition coefficient (Wildman–Crippen LogP) is 2.41. The molecule has 0 spiro atoms. The van der Waals surface area contributed by atoms with Crippen LogP contribution in [0.4, 0.5) is 0 Å². The predicted molar refractivity (Wildman–Crippen MR) is 65.6 cm³/mol. The molecule has 3 rings (SSSR count). The number of benzene rings is 1. The van der Waals surface area contributed by atoms with Gasteiger partial charge in [-0.2, -0.15) is 0 Å². The molecule has 0 amide bonds. The molecule has 88 valence electrons. The number of nitrogens with two attached hydrogens (primary N) is 1. The van der Waals surface area contributed by atoms with E-state index in [1.165, 1.54) is 5.56 Å². The molecule has 1 heterocycles. The first kappa shape index (κ1) is 10.5. The Morgan fingerprint density at radius 3 is 2.82 bits per heavy atom. The van der Waals surface area contributed by atoms with Crippen molar-refractivity contribution in [2.45, 2.75) is 31.7 Å². The molecule has 2 aromatic rings. The summed E-state index contributed by atoms with van der Waals surface area (Å²) in [5.41, 5.74) is 8.47. The fourth-order valence-electron chi connectivity index (χ4n) is 2.32. The van der Waals surface area contributed by atoms with E-state index >= 15 is 0 Å². The van der Waals surface area contributed by atoms with Crippen molar-refractivity contribution >= 4 is 0 Å². The van der Waals surface area contributed by atoms with E-state index in [1.807, 2.05) is 18.2 Å². The molecule has 0 aliphatic heterocycles. The lowest BCUT2D eigenvalue weighted by atomic mass is 10.1. The molecule has 1 atom stereocenters. The third-order valence-electron chi connectivity index (χ3n) is 3.23. The van der Waals surface area contributed by atoms with Crippen molar-refractivity contribution in [3.8, 4) is 0 Å². The summed E-state index contributed by atoms with van der Waals surface area (Å²) in [6, 6.07) is 10.1. The van der Waals surface area contributed by atoms with Gasteiger partial charge in [0.1, 0.15) is 5.76 Å². The molecule has 0 bridgehead atoms. The first-order valence-corrected chi connectivity index (χ1v) is 6.11. The van der Waals surface area contributed by atoms with E-state index < -0.39 is 0 Å². The van der Waals surface area contributed by atoms with Crippen LogP contribution in [-0.2, 0) is 19.3 Å². The Kier molecular flexibility index (Phi) is 2.69. The molecule has 0 saturated heterocycles. The molecule has 1 aliphatic rings. The second kappa shape index (κ2) is 4.34. The summed E-state index contributed by atoms with van der Waals surface area (Å²) in [5.74, 6) is 1.74. The quantitative estimate of drug-likeness (QED) is 0.877. The monoisotopic (exact) mass is 228 g/mol. The molecule has 17 heavy (non-hydrogen) atoms. The topological polar surface area (TPSA) is 52.0 Å². The van der Waals surface area contributed by atoms with Crippen molar-refractivity contribution < 1.29 is 4.42 Å². The van der Waals surface area contributed by atoms with Crippen molar-refractivity contribution in [1.29, 1.82) is 0 Å². The number of hydrogen-bond acceptors (Lipinski definition) is 3. The molecule has 3 nitrogen and oxygen atoms in total. The van der Waals surface area contributed by atoms with E-state index in [2.05, 4.69) is 17.1 Å². The number of aromatic nitrogens is 1. The number of rotatable bonds is 3. The number of hydrogen-bond donors (Lipinski definition) is 1. The van der Waals surface area contributed by atoms with Gasteiger partial charge in [0, 0.05) is 6.42 Å². The van der Waals surface area contributed by atoms with Gasteiger partial charge in [-0.15, -0.1) is 0 Å². The number of nitrogens with zero attached hydrogens (tertiary/aromatic N) is 1. The molecule has 1 aliphatic carbocycles. The van der Waals surface area contributed by atoms with Crippen molar-refractivity contribution in [3.63, 3.8) is 0 Å². The van der Waals surface area contributed by atoms with Crippen LogP contribution in [0.25, 0.3) is 0 Å². The van der Waals surface area contributed by atoms with Crippen LogP contribution in [0.5, 0.6) is 0 Å². The molecule has 0 radical (unpaired) electrons. The van der Waals surface area contributed by atoms with Gasteiger partial charge in [0.15, 0.2) is 0 Å². The summed E-state index contributed by atoms with van der Waals surface area (Å²) >= 11 is 0. The highest BCUT2D eigenvalue weighted by atomic mass is 16.4. The summed E-state index contributed by atoms with van der Waals surface area (Å²) in [6.45, 7) is 0. The zero-order valence-electron chi connectivity index (χ0n) is 9.73. The number of aryl methyl sites for hydroxylation is 2. The maximum Gasteiger partial charge on any atom is 0.211 e. The Labute approximate surface area is 101 Å². The van der Waals surface area contributed by atoms with Crippen LogP contribution in [-0.4, -0.2) is 4.98 Å². The Balaban J connectivity index is 1.75. The van der Waals surface area contributed by atoms with Crippen LogP contribution in [0, 0.1) is 0 Å². The minimum Gasteiger partial charge on any atom is -0.444 e. The summed E-state index contributed by atoms with van der Waals surface area (Å²) in [4.78, 5) is 4.50. The molecule has 1 aromatic heterocycles. The van der Waals surface area contributed by atoms with Crippen molar-refractivity contribution in [1.82, 2.24) is 4.98 Å². The van der Waals surface area contributed by atoms with E-state index in [9.17, 15) is 0 Å². The lowest BCUT2D eigenvalue weighted by molar-refractivity contribution is 0.420. The third-order valence-corrected chi connectivity index (χ3v) is 3.23. The van der Waals surface area contributed by atoms with E-state index in [4.69, 9.17) is 10.2 Å². The van der Waals surface area contributed by atoms with E-state index in [0.717, 1.165) is 37.1 Å². The van der Waals surface area contributed by atoms with E-state index in [-0.39, 0.29) is 6.04 Å². The Bertz CT molecular complexity index is 483. The van der Waals surface area contributed by atoms with Crippen molar-refractivity contribution in [2.75, 3.05) is 0 Å².